The lowest BCUT2D eigenvalue weighted by Gasteiger charge is -2.30. The summed E-state index contributed by atoms with van der Waals surface area (Å²) in [6.07, 6.45) is 1.74. The van der Waals surface area contributed by atoms with Crippen molar-refractivity contribution in [3.05, 3.63) is 35.9 Å². The van der Waals surface area contributed by atoms with Gasteiger partial charge in [0.2, 0.25) is 11.8 Å². The van der Waals surface area contributed by atoms with E-state index in [9.17, 15) is 9.59 Å². The molecule has 5 heteroatoms. The minimum absolute atomic E-state index is 0.0172. The zero-order valence-corrected chi connectivity index (χ0v) is 12.4. The van der Waals surface area contributed by atoms with Gasteiger partial charge in [-0.05, 0) is 31.9 Å². The highest BCUT2D eigenvalue weighted by Crippen LogP contribution is 2.16. The van der Waals surface area contributed by atoms with Crippen LogP contribution in [0.4, 0.5) is 0 Å². The summed E-state index contributed by atoms with van der Waals surface area (Å²) in [5, 5.41) is 2.99. The molecule has 1 fully saturated rings. The first-order valence-corrected chi connectivity index (χ1v) is 7.42. The predicted octanol–water partition coefficient (Wildman–Crippen LogP) is 1.06. The van der Waals surface area contributed by atoms with Crippen LogP contribution in [-0.4, -0.2) is 36.3 Å². The first kappa shape index (κ1) is 15.5. The number of nitrogens with zero attached hydrogens (tertiary/aromatic N) is 1. The topological polar surface area (TPSA) is 75.4 Å². The number of likely N-dealkylation sites (tertiary alicyclic amines) is 1. The maximum atomic E-state index is 12.1. The molecular weight excluding hydrogens is 266 g/mol. The van der Waals surface area contributed by atoms with Gasteiger partial charge in [-0.2, -0.15) is 0 Å². The van der Waals surface area contributed by atoms with E-state index in [0.29, 0.717) is 13.1 Å². The van der Waals surface area contributed by atoms with Crippen LogP contribution in [0.15, 0.2) is 30.3 Å². The Morgan fingerprint density at radius 2 is 2.10 bits per heavy atom. The van der Waals surface area contributed by atoms with Crippen LogP contribution in [0.25, 0.3) is 0 Å². The summed E-state index contributed by atoms with van der Waals surface area (Å²) in [4.78, 5) is 25.4. The first-order chi connectivity index (χ1) is 10.1. The fourth-order valence-corrected chi connectivity index (χ4v) is 2.75. The quantitative estimate of drug-likeness (QED) is 0.851. The van der Waals surface area contributed by atoms with Gasteiger partial charge in [-0.25, -0.2) is 0 Å². The number of hydrogen-bond donors (Lipinski definition) is 2. The molecule has 0 saturated carbocycles. The van der Waals surface area contributed by atoms with E-state index in [2.05, 4.69) is 5.32 Å². The number of hydrogen-bond acceptors (Lipinski definition) is 3. The zero-order valence-electron chi connectivity index (χ0n) is 12.4. The smallest absolute Gasteiger partial charge is 0.234 e. The second kappa shape index (κ2) is 7.22. The average molecular weight is 289 g/mol. The Hall–Kier alpha value is -1.88. The Bertz CT molecular complexity index is 490. The number of rotatable bonds is 5. The van der Waals surface area contributed by atoms with E-state index in [0.717, 1.165) is 24.9 Å². The van der Waals surface area contributed by atoms with Crippen molar-refractivity contribution < 1.29 is 9.59 Å². The number of carbonyl (C=O) groups excluding carboxylic acids is 2. The third-order valence-corrected chi connectivity index (χ3v) is 3.95. The molecule has 21 heavy (non-hydrogen) atoms. The largest absolute Gasteiger partial charge is 0.369 e. The Kier molecular flexibility index (Phi) is 5.33. The van der Waals surface area contributed by atoms with E-state index >= 15 is 0 Å². The molecule has 0 unspecified atom stereocenters. The molecular formula is C16H23N3O2. The van der Waals surface area contributed by atoms with Crippen LogP contribution in [0, 0.1) is 5.92 Å². The highest BCUT2D eigenvalue weighted by molar-refractivity contribution is 5.79. The standard InChI is InChI=1S/C16H23N3O2/c1-12(13-6-3-2-4-7-13)18-15(20)11-19-9-5-8-14(10-19)16(17)21/h2-4,6-7,12,14H,5,8-11H2,1H3,(H2,17,21)(H,18,20)/t12-,14-/m0/s1. The molecule has 1 aromatic carbocycles. The van der Waals surface area contributed by atoms with Gasteiger partial charge in [0.15, 0.2) is 0 Å². The summed E-state index contributed by atoms with van der Waals surface area (Å²) >= 11 is 0. The van der Waals surface area contributed by atoms with Gasteiger partial charge in [-0.3, -0.25) is 14.5 Å². The van der Waals surface area contributed by atoms with Crippen LogP contribution in [0.1, 0.15) is 31.4 Å². The van der Waals surface area contributed by atoms with Crippen molar-refractivity contribution in [2.45, 2.75) is 25.8 Å². The fourth-order valence-electron chi connectivity index (χ4n) is 2.75. The molecule has 114 valence electrons. The number of amides is 2. The lowest BCUT2D eigenvalue weighted by Crippen LogP contribution is -2.45. The molecule has 1 aliphatic heterocycles. The number of nitrogens with two attached hydrogens (primary N) is 1. The summed E-state index contributed by atoms with van der Waals surface area (Å²) in [5.41, 5.74) is 6.43. The third kappa shape index (κ3) is 4.56. The average Bonchev–Trinajstić information content (AvgIpc) is 2.48. The van der Waals surface area contributed by atoms with Crippen LogP contribution in [0.2, 0.25) is 0 Å². The van der Waals surface area contributed by atoms with Crippen LogP contribution in [0.5, 0.6) is 0 Å². The molecule has 1 aromatic rings. The Labute approximate surface area is 125 Å². The second-order valence-electron chi connectivity index (χ2n) is 5.68. The van der Waals surface area contributed by atoms with Crippen LogP contribution in [0.3, 0.4) is 0 Å². The van der Waals surface area contributed by atoms with Crippen molar-refractivity contribution in [3.8, 4) is 0 Å². The molecule has 2 rings (SSSR count). The zero-order chi connectivity index (χ0) is 15.2. The maximum Gasteiger partial charge on any atom is 0.234 e. The molecule has 0 aromatic heterocycles. The van der Waals surface area contributed by atoms with Crippen molar-refractivity contribution in [1.82, 2.24) is 10.2 Å². The summed E-state index contributed by atoms with van der Waals surface area (Å²) in [6.45, 7) is 3.72. The van der Waals surface area contributed by atoms with Crippen molar-refractivity contribution >= 4 is 11.8 Å². The number of carbonyl (C=O) groups is 2. The molecule has 0 spiro atoms. The molecule has 0 bridgehead atoms. The Morgan fingerprint density at radius 1 is 1.38 bits per heavy atom. The Morgan fingerprint density at radius 3 is 2.76 bits per heavy atom. The molecule has 1 saturated heterocycles. The van der Waals surface area contributed by atoms with Gasteiger partial charge in [-0.1, -0.05) is 30.3 Å². The summed E-state index contributed by atoms with van der Waals surface area (Å²) < 4.78 is 0. The number of piperidine rings is 1. The van der Waals surface area contributed by atoms with Crippen molar-refractivity contribution in [2.24, 2.45) is 11.7 Å². The monoisotopic (exact) mass is 289 g/mol. The fraction of sp³-hybridized carbons (Fsp3) is 0.500. The molecule has 3 N–H and O–H groups in total. The van der Waals surface area contributed by atoms with Crippen LogP contribution >= 0.6 is 0 Å². The predicted molar refractivity (Wildman–Crippen MR) is 81.4 cm³/mol. The lowest BCUT2D eigenvalue weighted by atomic mass is 9.97. The van der Waals surface area contributed by atoms with Crippen LogP contribution < -0.4 is 11.1 Å². The normalized spacial score (nSPS) is 20.7. The van der Waals surface area contributed by atoms with Crippen molar-refractivity contribution in [3.63, 3.8) is 0 Å². The van der Waals surface area contributed by atoms with E-state index in [1.54, 1.807) is 0 Å². The minimum atomic E-state index is -0.266. The SMILES string of the molecule is C[C@H](NC(=O)CN1CCC[C@H](C(N)=O)C1)c1ccccc1. The molecule has 1 heterocycles. The van der Waals surface area contributed by atoms with E-state index in [4.69, 9.17) is 5.73 Å². The molecule has 2 amide bonds. The molecule has 2 atom stereocenters. The van der Waals surface area contributed by atoms with Crippen molar-refractivity contribution in [2.75, 3.05) is 19.6 Å². The van der Waals surface area contributed by atoms with E-state index in [1.807, 2.05) is 42.2 Å². The van der Waals surface area contributed by atoms with E-state index in [1.165, 1.54) is 0 Å². The lowest BCUT2D eigenvalue weighted by molar-refractivity contribution is -0.127. The third-order valence-electron chi connectivity index (χ3n) is 3.95. The van der Waals surface area contributed by atoms with Gasteiger partial charge in [-0.15, -0.1) is 0 Å². The maximum absolute atomic E-state index is 12.1. The highest BCUT2D eigenvalue weighted by Gasteiger charge is 2.25. The molecule has 1 aliphatic rings. The van der Waals surface area contributed by atoms with Gasteiger partial charge < -0.3 is 11.1 Å². The minimum Gasteiger partial charge on any atom is -0.369 e. The molecule has 0 aliphatic carbocycles. The van der Waals surface area contributed by atoms with Gasteiger partial charge in [0.05, 0.1) is 18.5 Å². The first-order valence-electron chi connectivity index (χ1n) is 7.42. The Balaban J connectivity index is 1.83. The van der Waals surface area contributed by atoms with Gasteiger partial charge in [0.25, 0.3) is 0 Å². The number of nitrogens with one attached hydrogen (secondary N) is 1. The van der Waals surface area contributed by atoms with E-state index in [-0.39, 0.29) is 23.8 Å². The number of primary amides is 1. The number of benzene rings is 1. The second-order valence-corrected chi connectivity index (χ2v) is 5.68. The van der Waals surface area contributed by atoms with Gasteiger partial charge in [0, 0.05) is 6.54 Å². The summed E-state index contributed by atoms with van der Waals surface area (Å²) in [6, 6.07) is 9.84. The van der Waals surface area contributed by atoms with Crippen LogP contribution in [-0.2, 0) is 9.59 Å². The summed E-state index contributed by atoms with van der Waals surface area (Å²) in [5.74, 6) is -0.410. The summed E-state index contributed by atoms with van der Waals surface area (Å²) in [7, 11) is 0. The highest BCUT2D eigenvalue weighted by atomic mass is 16.2. The van der Waals surface area contributed by atoms with Gasteiger partial charge in [0.1, 0.15) is 0 Å². The van der Waals surface area contributed by atoms with Crippen molar-refractivity contribution in [1.29, 1.82) is 0 Å². The van der Waals surface area contributed by atoms with E-state index < -0.39 is 0 Å². The molecule has 0 radical (unpaired) electrons. The van der Waals surface area contributed by atoms with Gasteiger partial charge >= 0.3 is 0 Å². The molecule has 5 nitrogen and oxygen atoms in total.